The van der Waals surface area contributed by atoms with E-state index in [-0.39, 0.29) is 30.5 Å². The van der Waals surface area contributed by atoms with Gasteiger partial charge in [0.2, 0.25) is 0 Å². The molecule has 0 saturated carbocycles. The maximum Gasteiger partial charge on any atom is 0.335 e. The summed E-state index contributed by atoms with van der Waals surface area (Å²) in [5, 5.41) is 18.9. The minimum atomic E-state index is -1.04. The van der Waals surface area contributed by atoms with E-state index in [0.29, 0.717) is 16.9 Å². The second-order valence-electron chi connectivity index (χ2n) is 4.93. The van der Waals surface area contributed by atoms with Crippen LogP contribution >= 0.6 is 0 Å². The Bertz CT molecular complexity index is 757. The van der Waals surface area contributed by atoms with Crippen molar-refractivity contribution in [2.75, 3.05) is 13.2 Å². The number of amidine groups is 1. The molecule has 2 aromatic rings. The maximum absolute atomic E-state index is 11.9. The van der Waals surface area contributed by atoms with Crippen LogP contribution in [0, 0.1) is 5.41 Å². The van der Waals surface area contributed by atoms with Crippen LogP contribution < -0.4 is 15.8 Å². The van der Waals surface area contributed by atoms with Crippen LogP contribution in [-0.4, -0.2) is 36.0 Å². The Morgan fingerprint density at radius 1 is 1.08 bits per heavy atom. The topological polar surface area (TPSA) is 126 Å². The highest BCUT2D eigenvalue weighted by molar-refractivity contribution is 5.96. The summed E-state index contributed by atoms with van der Waals surface area (Å²) in [6, 6.07) is 12.5. The molecule has 5 N–H and O–H groups in total. The number of amides is 1. The number of benzene rings is 2. The molecule has 0 aliphatic carbocycles. The van der Waals surface area contributed by atoms with Crippen LogP contribution in [0.15, 0.2) is 48.5 Å². The SMILES string of the molecule is N=C(N)c1cccc(OCCNC(=O)c2ccc(C(=O)O)cc2)c1. The second-order valence-corrected chi connectivity index (χ2v) is 4.93. The molecule has 0 spiro atoms. The highest BCUT2D eigenvalue weighted by Gasteiger charge is 2.07. The van der Waals surface area contributed by atoms with Gasteiger partial charge < -0.3 is 20.9 Å². The molecule has 124 valence electrons. The molecule has 2 rings (SSSR count). The number of carbonyl (C=O) groups is 2. The van der Waals surface area contributed by atoms with Crippen LogP contribution in [0.1, 0.15) is 26.3 Å². The van der Waals surface area contributed by atoms with Gasteiger partial charge in [0.1, 0.15) is 18.2 Å². The van der Waals surface area contributed by atoms with E-state index < -0.39 is 5.97 Å². The Morgan fingerprint density at radius 2 is 1.75 bits per heavy atom. The maximum atomic E-state index is 11.9. The molecule has 1 amide bonds. The van der Waals surface area contributed by atoms with E-state index in [1.165, 1.54) is 24.3 Å². The van der Waals surface area contributed by atoms with Gasteiger partial charge in [-0.2, -0.15) is 0 Å². The van der Waals surface area contributed by atoms with E-state index in [2.05, 4.69) is 5.32 Å². The average Bonchev–Trinajstić information content (AvgIpc) is 2.59. The lowest BCUT2D eigenvalue weighted by Crippen LogP contribution is -2.28. The number of hydrogen-bond donors (Lipinski definition) is 4. The Kier molecular flexibility index (Phi) is 5.51. The highest BCUT2D eigenvalue weighted by Crippen LogP contribution is 2.12. The fraction of sp³-hybridized carbons (Fsp3) is 0.118. The standard InChI is InChI=1S/C17H17N3O4/c18-15(19)13-2-1-3-14(10-13)24-9-8-20-16(21)11-4-6-12(7-5-11)17(22)23/h1-7,10H,8-9H2,(H3,18,19)(H,20,21)(H,22,23). The highest BCUT2D eigenvalue weighted by atomic mass is 16.5. The van der Waals surface area contributed by atoms with Gasteiger partial charge in [0, 0.05) is 11.1 Å². The second kappa shape index (κ2) is 7.77. The zero-order valence-electron chi connectivity index (χ0n) is 12.8. The molecule has 0 bridgehead atoms. The number of ether oxygens (including phenoxy) is 1. The molecule has 0 atom stereocenters. The smallest absolute Gasteiger partial charge is 0.335 e. The van der Waals surface area contributed by atoms with Crippen molar-refractivity contribution < 1.29 is 19.4 Å². The van der Waals surface area contributed by atoms with Crippen LogP contribution in [0.4, 0.5) is 0 Å². The lowest BCUT2D eigenvalue weighted by atomic mass is 10.1. The fourth-order valence-corrected chi connectivity index (χ4v) is 1.95. The summed E-state index contributed by atoms with van der Waals surface area (Å²) in [4.78, 5) is 22.7. The van der Waals surface area contributed by atoms with Gasteiger partial charge in [-0.25, -0.2) is 4.79 Å². The van der Waals surface area contributed by atoms with E-state index in [4.69, 9.17) is 21.0 Å². The lowest BCUT2D eigenvalue weighted by Gasteiger charge is -2.09. The number of carboxylic acids is 1. The van der Waals surface area contributed by atoms with E-state index in [0.717, 1.165) is 0 Å². The van der Waals surface area contributed by atoms with Gasteiger partial charge in [0.15, 0.2) is 0 Å². The van der Waals surface area contributed by atoms with Crippen LogP contribution in [0.2, 0.25) is 0 Å². The van der Waals surface area contributed by atoms with E-state index in [1.54, 1.807) is 24.3 Å². The Hall–Kier alpha value is -3.35. The lowest BCUT2D eigenvalue weighted by molar-refractivity contribution is 0.0696. The van der Waals surface area contributed by atoms with Gasteiger partial charge in [-0.05, 0) is 36.4 Å². The minimum absolute atomic E-state index is 0.0430. The number of carbonyl (C=O) groups excluding carboxylic acids is 1. The first-order chi connectivity index (χ1) is 11.5. The molecule has 2 aromatic carbocycles. The molecule has 0 saturated heterocycles. The number of aromatic carboxylic acids is 1. The third-order valence-corrected chi connectivity index (χ3v) is 3.20. The van der Waals surface area contributed by atoms with Crippen molar-refractivity contribution >= 4 is 17.7 Å². The van der Waals surface area contributed by atoms with Gasteiger partial charge >= 0.3 is 5.97 Å². The summed E-state index contributed by atoms with van der Waals surface area (Å²) in [6.45, 7) is 0.532. The first-order valence-corrected chi connectivity index (χ1v) is 7.16. The first-order valence-electron chi connectivity index (χ1n) is 7.16. The van der Waals surface area contributed by atoms with Crippen molar-refractivity contribution in [1.82, 2.24) is 5.32 Å². The summed E-state index contributed by atoms with van der Waals surface area (Å²) in [5.74, 6) is -0.836. The van der Waals surface area contributed by atoms with Gasteiger partial charge in [-0.15, -0.1) is 0 Å². The average molecular weight is 327 g/mol. The van der Waals surface area contributed by atoms with Crippen molar-refractivity contribution in [3.8, 4) is 5.75 Å². The third kappa shape index (κ3) is 4.57. The zero-order valence-corrected chi connectivity index (χ0v) is 12.8. The predicted octanol–water partition coefficient (Wildman–Crippen LogP) is 1.48. The predicted molar refractivity (Wildman–Crippen MR) is 88.7 cm³/mol. The Morgan fingerprint density at radius 3 is 2.38 bits per heavy atom. The van der Waals surface area contributed by atoms with Crippen LogP contribution in [0.3, 0.4) is 0 Å². The van der Waals surface area contributed by atoms with Crippen LogP contribution in [0.5, 0.6) is 5.75 Å². The van der Waals surface area contributed by atoms with Crippen LogP contribution in [-0.2, 0) is 0 Å². The number of nitrogens with one attached hydrogen (secondary N) is 2. The van der Waals surface area contributed by atoms with Gasteiger partial charge in [0.05, 0.1) is 12.1 Å². The molecule has 24 heavy (non-hydrogen) atoms. The molecule has 7 nitrogen and oxygen atoms in total. The molecule has 0 radical (unpaired) electrons. The largest absolute Gasteiger partial charge is 0.492 e. The van der Waals surface area contributed by atoms with Crippen molar-refractivity contribution in [1.29, 1.82) is 5.41 Å². The number of nitrogen functional groups attached to an aromatic ring is 1. The monoisotopic (exact) mass is 327 g/mol. The summed E-state index contributed by atoms with van der Waals surface area (Å²) in [7, 11) is 0. The summed E-state index contributed by atoms with van der Waals surface area (Å²) < 4.78 is 5.49. The number of rotatable bonds is 7. The Balaban J connectivity index is 1.81. The molecule has 0 aliphatic heterocycles. The molecular formula is C17H17N3O4. The summed E-state index contributed by atoms with van der Waals surface area (Å²) >= 11 is 0. The normalized spacial score (nSPS) is 10.0. The summed E-state index contributed by atoms with van der Waals surface area (Å²) in [6.07, 6.45) is 0. The fourth-order valence-electron chi connectivity index (χ4n) is 1.95. The van der Waals surface area contributed by atoms with Gasteiger partial charge in [0.25, 0.3) is 5.91 Å². The van der Waals surface area contributed by atoms with E-state index >= 15 is 0 Å². The molecule has 0 fully saturated rings. The molecular weight excluding hydrogens is 310 g/mol. The molecule has 0 aromatic heterocycles. The van der Waals surface area contributed by atoms with E-state index in [9.17, 15) is 9.59 Å². The zero-order chi connectivity index (χ0) is 17.5. The van der Waals surface area contributed by atoms with Gasteiger partial charge in [-0.3, -0.25) is 10.2 Å². The van der Waals surface area contributed by atoms with Crippen molar-refractivity contribution in [2.24, 2.45) is 5.73 Å². The third-order valence-electron chi connectivity index (χ3n) is 3.20. The molecule has 0 unspecified atom stereocenters. The number of nitrogens with two attached hydrogens (primary N) is 1. The number of hydrogen-bond acceptors (Lipinski definition) is 4. The summed E-state index contributed by atoms with van der Waals surface area (Å²) in [5.41, 5.74) is 6.47. The molecule has 7 heteroatoms. The molecule has 0 aliphatic rings. The van der Waals surface area contributed by atoms with E-state index in [1.807, 2.05) is 0 Å². The minimum Gasteiger partial charge on any atom is -0.492 e. The van der Waals surface area contributed by atoms with Gasteiger partial charge in [-0.1, -0.05) is 12.1 Å². The first kappa shape index (κ1) is 17.0. The quantitative estimate of drug-likeness (QED) is 0.348. The van der Waals surface area contributed by atoms with Crippen molar-refractivity contribution in [2.45, 2.75) is 0 Å². The molecule has 0 heterocycles. The van der Waals surface area contributed by atoms with Crippen molar-refractivity contribution in [3.05, 3.63) is 65.2 Å². The number of carboxylic acid groups (broad SMARTS) is 1. The Labute approximate surface area is 138 Å². The van der Waals surface area contributed by atoms with Crippen LogP contribution in [0.25, 0.3) is 0 Å². The van der Waals surface area contributed by atoms with Crippen molar-refractivity contribution in [3.63, 3.8) is 0 Å².